The Morgan fingerprint density at radius 3 is 2.92 bits per heavy atom. The van der Waals surface area contributed by atoms with Gasteiger partial charge in [0.2, 0.25) is 0 Å². The fraction of sp³-hybridized carbons (Fsp3) is 0.579. The van der Waals surface area contributed by atoms with E-state index in [1.54, 1.807) is 0 Å². The van der Waals surface area contributed by atoms with Crippen molar-refractivity contribution in [3.63, 3.8) is 0 Å². The summed E-state index contributed by atoms with van der Waals surface area (Å²) in [7, 11) is 0. The normalized spacial score (nSPS) is 26.6. The maximum absolute atomic E-state index is 13.0. The van der Waals surface area contributed by atoms with Crippen molar-refractivity contribution >= 4 is 16.9 Å². The molecule has 1 aromatic heterocycles. The third kappa shape index (κ3) is 2.83. The standard InChI is InChI=1S/C19H26N4O2/c1-2-22-15-7-4-3-6-14(15)21-18(22)16-8-5-11-23(16)19(24)17-10-9-13(12-20)25-17/h3-4,6-7,13,16-17H,2,5,8-12,20H2,1H3/t13-,16?,17+/m1/s1. The zero-order valence-electron chi connectivity index (χ0n) is 14.7. The number of ether oxygens (including phenoxy) is 1. The van der Waals surface area contributed by atoms with Crippen molar-refractivity contribution in [2.45, 2.75) is 57.4 Å². The van der Waals surface area contributed by atoms with Crippen LogP contribution in [0, 0.1) is 0 Å². The minimum Gasteiger partial charge on any atom is -0.364 e. The molecular formula is C19H26N4O2. The Morgan fingerprint density at radius 1 is 1.32 bits per heavy atom. The number of hydrogen-bond donors (Lipinski definition) is 1. The molecule has 0 bridgehead atoms. The molecule has 2 saturated heterocycles. The van der Waals surface area contributed by atoms with Gasteiger partial charge >= 0.3 is 0 Å². The average molecular weight is 342 g/mol. The largest absolute Gasteiger partial charge is 0.364 e. The van der Waals surface area contributed by atoms with Crippen LogP contribution in [0.4, 0.5) is 0 Å². The second kappa shape index (κ2) is 6.77. The number of amides is 1. The highest BCUT2D eigenvalue weighted by atomic mass is 16.5. The van der Waals surface area contributed by atoms with Crippen LogP contribution in [0.2, 0.25) is 0 Å². The van der Waals surface area contributed by atoms with Gasteiger partial charge in [-0.2, -0.15) is 0 Å². The molecule has 4 rings (SSSR count). The minimum absolute atomic E-state index is 0.0234. The Kier molecular flexibility index (Phi) is 4.48. The van der Waals surface area contributed by atoms with E-state index in [0.717, 1.165) is 55.6 Å². The first-order valence-electron chi connectivity index (χ1n) is 9.34. The Bertz CT molecular complexity index is 772. The number of para-hydroxylation sites is 2. The number of aryl methyl sites for hydroxylation is 1. The number of nitrogens with two attached hydrogens (primary N) is 1. The quantitative estimate of drug-likeness (QED) is 0.925. The molecule has 3 atom stereocenters. The van der Waals surface area contributed by atoms with E-state index in [9.17, 15) is 4.79 Å². The van der Waals surface area contributed by atoms with Gasteiger partial charge in [-0.3, -0.25) is 4.79 Å². The summed E-state index contributed by atoms with van der Waals surface area (Å²) in [4.78, 5) is 19.9. The van der Waals surface area contributed by atoms with Crippen LogP contribution in [0.1, 0.15) is 44.5 Å². The van der Waals surface area contributed by atoms with E-state index in [2.05, 4.69) is 17.6 Å². The smallest absolute Gasteiger partial charge is 0.252 e. The van der Waals surface area contributed by atoms with Crippen molar-refractivity contribution in [2.24, 2.45) is 5.73 Å². The number of hydrogen-bond acceptors (Lipinski definition) is 4. The first-order chi connectivity index (χ1) is 12.2. The molecule has 2 N–H and O–H groups in total. The maximum Gasteiger partial charge on any atom is 0.252 e. The number of aromatic nitrogens is 2. The van der Waals surface area contributed by atoms with Gasteiger partial charge < -0.3 is 19.9 Å². The van der Waals surface area contributed by atoms with Gasteiger partial charge in [-0.1, -0.05) is 12.1 Å². The van der Waals surface area contributed by atoms with Crippen molar-refractivity contribution in [1.82, 2.24) is 14.5 Å². The van der Waals surface area contributed by atoms with E-state index >= 15 is 0 Å². The van der Waals surface area contributed by atoms with Crippen LogP contribution < -0.4 is 5.73 Å². The van der Waals surface area contributed by atoms with Crippen molar-refractivity contribution in [3.05, 3.63) is 30.1 Å². The van der Waals surface area contributed by atoms with E-state index in [1.165, 1.54) is 0 Å². The van der Waals surface area contributed by atoms with Gasteiger partial charge in [0.25, 0.3) is 5.91 Å². The van der Waals surface area contributed by atoms with Gasteiger partial charge in [-0.25, -0.2) is 4.98 Å². The third-order valence-electron chi connectivity index (χ3n) is 5.48. The molecular weight excluding hydrogens is 316 g/mol. The lowest BCUT2D eigenvalue weighted by molar-refractivity contribution is -0.143. The molecule has 0 spiro atoms. The molecule has 0 radical (unpaired) electrons. The molecule has 2 aromatic rings. The van der Waals surface area contributed by atoms with E-state index in [0.29, 0.717) is 6.54 Å². The number of likely N-dealkylation sites (tertiary alicyclic amines) is 1. The number of carbonyl (C=O) groups is 1. The summed E-state index contributed by atoms with van der Waals surface area (Å²) in [6, 6.07) is 8.23. The average Bonchev–Trinajstić information content (AvgIpc) is 3.37. The van der Waals surface area contributed by atoms with Crippen molar-refractivity contribution in [1.29, 1.82) is 0 Å². The number of benzene rings is 1. The molecule has 25 heavy (non-hydrogen) atoms. The summed E-state index contributed by atoms with van der Waals surface area (Å²) in [6.45, 7) is 4.25. The topological polar surface area (TPSA) is 73.4 Å². The van der Waals surface area contributed by atoms with Gasteiger partial charge in [0.15, 0.2) is 0 Å². The van der Waals surface area contributed by atoms with Crippen LogP contribution in [0.3, 0.4) is 0 Å². The summed E-state index contributed by atoms with van der Waals surface area (Å²) < 4.78 is 8.08. The number of rotatable bonds is 4. The number of carbonyl (C=O) groups excluding carboxylic acids is 1. The number of imidazole rings is 1. The first-order valence-corrected chi connectivity index (χ1v) is 9.34. The van der Waals surface area contributed by atoms with E-state index in [4.69, 9.17) is 15.5 Å². The molecule has 1 unspecified atom stereocenters. The van der Waals surface area contributed by atoms with Crippen molar-refractivity contribution in [3.8, 4) is 0 Å². The molecule has 1 amide bonds. The van der Waals surface area contributed by atoms with Gasteiger partial charge in [0.1, 0.15) is 11.9 Å². The third-order valence-corrected chi connectivity index (χ3v) is 5.48. The molecule has 6 nitrogen and oxygen atoms in total. The lowest BCUT2D eigenvalue weighted by Gasteiger charge is -2.27. The zero-order chi connectivity index (χ0) is 17.4. The molecule has 6 heteroatoms. The van der Waals surface area contributed by atoms with Crippen LogP contribution in [0.25, 0.3) is 11.0 Å². The highest BCUT2D eigenvalue weighted by molar-refractivity contribution is 5.82. The molecule has 0 aliphatic carbocycles. The van der Waals surface area contributed by atoms with Crippen LogP contribution in [0.15, 0.2) is 24.3 Å². The Labute approximate surface area is 147 Å². The van der Waals surface area contributed by atoms with E-state index in [1.807, 2.05) is 23.1 Å². The monoisotopic (exact) mass is 342 g/mol. The predicted octanol–water partition coefficient (Wildman–Crippen LogP) is 2.23. The maximum atomic E-state index is 13.0. The Balaban J connectivity index is 1.63. The second-order valence-electron chi connectivity index (χ2n) is 6.95. The Hall–Kier alpha value is -1.92. The van der Waals surface area contributed by atoms with Gasteiger partial charge in [0, 0.05) is 19.6 Å². The summed E-state index contributed by atoms with van der Waals surface area (Å²) >= 11 is 0. The summed E-state index contributed by atoms with van der Waals surface area (Å²) in [5, 5.41) is 0. The molecule has 2 aliphatic heterocycles. The first kappa shape index (κ1) is 16.5. The Morgan fingerprint density at radius 2 is 2.16 bits per heavy atom. The molecule has 0 saturated carbocycles. The highest BCUT2D eigenvalue weighted by Gasteiger charge is 2.39. The second-order valence-corrected chi connectivity index (χ2v) is 6.95. The lowest BCUT2D eigenvalue weighted by atomic mass is 10.1. The SMILES string of the molecule is CCn1c(C2CCCN2C(=O)[C@@H]2CC[C@H](CN)O2)nc2ccccc21. The van der Waals surface area contributed by atoms with Crippen LogP contribution in [0.5, 0.6) is 0 Å². The molecule has 2 fully saturated rings. The number of fused-ring (bicyclic) bond motifs is 1. The van der Waals surface area contributed by atoms with Crippen LogP contribution >= 0.6 is 0 Å². The van der Waals surface area contributed by atoms with Gasteiger partial charge in [-0.05, 0) is 44.7 Å². The molecule has 1 aromatic carbocycles. The summed E-state index contributed by atoms with van der Waals surface area (Å²) in [5.74, 6) is 1.11. The van der Waals surface area contributed by atoms with Crippen molar-refractivity contribution in [2.75, 3.05) is 13.1 Å². The van der Waals surface area contributed by atoms with Gasteiger partial charge in [0.05, 0.1) is 23.2 Å². The van der Waals surface area contributed by atoms with E-state index < -0.39 is 0 Å². The fourth-order valence-corrected chi connectivity index (χ4v) is 4.23. The minimum atomic E-state index is -0.339. The molecule has 3 heterocycles. The van der Waals surface area contributed by atoms with E-state index in [-0.39, 0.29) is 24.2 Å². The van der Waals surface area contributed by atoms with Crippen LogP contribution in [-0.4, -0.2) is 45.7 Å². The number of nitrogens with zero attached hydrogens (tertiary/aromatic N) is 3. The predicted molar refractivity (Wildman–Crippen MR) is 96.0 cm³/mol. The lowest BCUT2D eigenvalue weighted by Crippen LogP contribution is -2.40. The highest BCUT2D eigenvalue weighted by Crippen LogP contribution is 2.35. The summed E-state index contributed by atoms with van der Waals surface area (Å²) in [5.41, 5.74) is 7.82. The summed E-state index contributed by atoms with van der Waals surface area (Å²) in [6.07, 6.45) is 3.30. The molecule has 134 valence electrons. The fourth-order valence-electron chi connectivity index (χ4n) is 4.23. The van der Waals surface area contributed by atoms with Crippen molar-refractivity contribution < 1.29 is 9.53 Å². The van der Waals surface area contributed by atoms with Crippen LogP contribution in [-0.2, 0) is 16.1 Å². The molecule has 2 aliphatic rings. The zero-order valence-corrected chi connectivity index (χ0v) is 14.7. The van der Waals surface area contributed by atoms with Gasteiger partial charge in [-0.15, -0.1) is 0 Å².